The highest BCUT2D eigenvalue weighted by Gasteiger charge is 2.18. The number of halogens is 4. The molecule has 3 rings (SSSR count). The molecular formula is C18H16Cl4N2. The van der Waals surface area contributed by atoms with Crippen LogP contribution in [0, 0.1) is 0 Å². The second-order valence-electron chi connectivity index (χ2n) is 5.66. The Morgan fingerprint density at radius 1 is 0.875 bits per heavy atom. The van der Waals surface area contributed by atoms with E-state index in [-0.39, 0.29) is 0 Å². The Balaban J connectivity index is 2.21. The number of unbranched alkanes of at least 4 members (excludes halogenated alkanes) is 1. The van der Waals surface area contributed by atoms with Crippen molar-refractivity contribution in [2.75, 3.05) is 6.54 Å². The zero-order valence-electron chi connectivity index (χ0n) is 12.8. The number of rotatable bonds is 5. The second kappa shape index (κ2) is 7.55. The van der Waals surface area contributed by atoms with E-state index in [9.17, 15) is 0 Å². The molecule has 3 aromatic rings. The molecular weight excluding hydrogens is 386 g/mol. The lowest BCUT2D eigenvalue weighted by molar-refractivity contribution is 0.748. The predicted octanol–water partition coefficient (Wildman–Crippen LogP) is 6.73. The van der Waals surface area contributed by atoms with E-state index in [1.54, 1.807) is 12.1 Å². The van der Waals surface area contributed by atoms with Crippen LogP contribution < -0.4 is 5.73 Å². The number of fused-ring (bicyclic) bond motifs is 1. The first-order valence-corrected chi connectivity index (χ1v) is 9.17. The molecule has 0 atom stereocenters. The molecule has 0 unspecified atom stereocenters. The maximum atomic E-state index is 6.46. The SMILES string of the molecule is NCCCCc1c(-c2ccc(Cl)cc2Cl)[nH]c2cc(Cl)cc(Cl)c12. The fourth-order valence-electron chi connectivity index (χ4n) is 2.93. The Morgan fingerprint density at radius 3 is 2.33 bits per heavy atom. The molecule has 3 N–H and O–H groups in total. The molecule has 0 spiro atoms. The first-order valence-electron chi connectivity index (χ1n) is 7.66. The number of benzene rings is 2. The van der Waals surface area contributed by atoms with E-state index >= 15 is 0 Å². The molecule has 126 valence electrons. The van der Waals surface area contributed by atoms with E-state index in [1.165, 1.54) is 0 Å². The van der Waals surface area contributed by atoms with Crippen molar-refractivity contribution in [2.45, 2.75) is 19.3 Å². The summed E-state index contributed by atoms with van der Waals surface area (Å²) in [6.07, 6.45) is 2.78. The second-order valence-corrected chi connectivity index (χ2v) is 7.35. The highest BCUT2D eigenvalue weighted by atomic mass is 35.5. The van der Waals surface area contributed by atoms with E-state index in [0.29, 0.717) is 26.6 Å². The molecule has 0 aliphatic carbocycles. The van der Waals surface area contributed by atoms with Gasteiger partial charge in [0.1, 0.15) is 0 Å². The monoisotopic (exact) mass is 400 g/mol. The molecule has 0 amide bonds. The van der Waals surface area contributed by atoms with Gasteiger partial charge in [-0.15, -0.1) is 0 Å². The van der Waals surface area contributed by atoms with E-state index in [0.717, 1.165) is 47.0 Å². The number of aryl methyl sites for hydroxylation is 1. The van der Waals surface area contributed by atoms with Crippen molar-refractivity contribution in [3.8, 4) is 11.3 Å². The lowest BCUT2D eigenvalue weighted by Crippen LogP contribution is -1.99. The Bertz CT molecular complexity index is 886. The molecule has 0 saturated carbocycles. The molecule has 1 heterocycles. The molecule has 1 aromatic heterocycles. The van der Waals surface area contributed by atoms with Gasteiger partial charge in [-0.2, -0.15) is 0 Å². The lowest BCUT2D eigenvalue weighted by atomic mass is 10.00. The van der Waals surface area contributed by atoms with Crippen LogP contribution in [0.3, 0.4) is 0 Å². The van der Waals surface area contributed by atoms with Gasteiger partial charge in [0.25, 0.3) is 0 Å². The van der Waals surface area contributed by atoms with Crippen molar-refractivity contribution < 1.29 is 0 Å². The first-order chi connectivity index (χ1) is 11.5. The van der Waals surface area contributed by atoms with Gasteiger partial charge in [-0.1, -0.05) is 46.4 Å². The van der Waals surface area contributed by atoms with Crippen LogP contribution in [0.4, 0.5) is 0 Å². The summed E-state index contributed by atoms with van der Waals surface area (Å²) in [5.41, 5.74) is 9.51. The van der Waals surface area contributed by atoms with Crippen LogP contribution >= 0.6 is 46.4 Å². The third-order valence-electron chi connectivity index (χ3n) is 4.00. The Morgan fingerprint density at radius 2 is 1.62 bits per heavy atom. The number of nitrogens with one attached hydrogen (secondary N) is 1. The highest BCUT2D eigenvalue weighted by Crippen LogP contribution is 2.40. The summed E-state index contributed by atoms with van der Waals surface area (Å²) in [7, 11) is 0. The smallest absolute Gasteiger partial charge is 0.0517 e. The van der Waals surface area contributed by atoms with E-state index in [4.69, 9.17) is 52.1 Å². The number of H-pyrrole nitrogens is 1. The average Bonchev–Trinajstić information content (AvgIpc) is 2.86. The van der Waals surface area contributed by atoms with Gasteiger partial charge in [0, 0.05) is 26.5 Å². The standard InChI is InChI=1S/C18H16Cl4N2/c19-10-4-5-12(14(21)7-10)18-13(3-1-2-6-23)17-15(22)8-11(20)9-16(17)24-18/h4-5,7-9,24H,1-3,6,23H2. The highest BCUT2D eigenvalue weighted by molar-refractivity contribution is 6.39. The quantitative estimate of drug-likeness (QED) is 0.457. The minimum atomic E-state index is 0.594. The normalized spacial score (nSPS) is 11.4. The van der Waals surface area contributed by atoms with Crippen LogP contribution in [-0.4, -0.2) is 11.5 Å². The van der Waals surface area contributed by atoms with Crippen LogP contribution in [0.5, 0.6) is 0 Å². The minimum absolute atomic E-state index is 0.594. The van der Waals surface area contributed by atoms with Crippen molar-refractivity contribution in [3.05, 3.63) is 56.0 Å². The van der Waals surface area contributed by atoms with Gasteiger partial charge >= 0.3 is 0 Å². The molecule has 0 aliphatic rings. The van der Waals surface area contributed by atoms with Gasteiger partial charge in [0.05, 0.1) is 15.7 Å². The van der Waals surface area contributed by atoms with Gasteiger partial charge in [0.15, 0.2) is 0 Å². The zero-order chi connectivity index (χ0) is 17.3. The average molecular weight is 402 g/mol. The van der Waals surface area contributed by atoms with Crippen LogP contribution in [0.2, 0.25) is 20.1 Å². The van der Waals surface area contributed by atoms with Gasteiger partial charge in [-0.05, 0) is 61.7 Å². The molecule has 0 bridgehead atoms. The molecule has 6 heteroatoms. The maximum Gasteiger partial charge on any atom is 0.0517 e. The third kappa shape index (κ3) is 3.54. The molecule has 0 radical (unpaired) electrons. The lowest BCUT2D eigenvalue weighted by Gasteiger charge is -2.08. The fraction of sp³-hybridized carbons (Fsp3) is 0.222. The first kappa shape index (κ1) is 17.9. The summed E-state index contributed by atoms with van der Waals surface area (Å²) in [5, 5.41) is 3.41. The summed E-state index contributed by atoms with van der Waals surface area (Å²) in [4.78, 5) is 3.42. The van der Waals surface area contributed by atoms with Crippen LogP contribution in [-0.2, 0) is 6.42 Å². The molecule has 2 nitrogen and oxygen atoms in total. The number of hydrogen-bond donors (Lipinski definition) is 2. The number of hydrogen-bond acceptors (Lipinski definition) is 1. The van der Waals surface area contributed by atoms with E-state index in [1.807, 2.05) is 18.2 Å². The van der Waals surface area contributed by atoms with Gasteiger partial charge in [0.2, 0.25) is 0 Å². The van der Waals surface area contributed by atoms with Gasteiger partial charge in [-0.3, -0.25) is 0 Å². The fourth-order valence-corrected chi connectivity index (χ4v) is 4.04. The maximum absolute atomic E-state index is 6.46. The van der Waals surface area contributed by atoms with Crippen LogP contribution in [0.15, 0.2) is 30.3 Å². The Kier molecular flexibility index (Phi) is 5.63. The Hall–Kier alpha value is -0.900. The van der Waals surface area contributed by atoms with Crippen molar-refractivity contribution in [2.24, 2.45) is 5.73 Å². The third-order valence-corrected chi connectivity index (χ3v) is 5.06. The minimum Gasteiger partial charge on any atom is -0.354 e. The summed E-state index contributed by atoms with van der Waals surface area (Å²) in [6, 6.07) is 9.12. The molecule has 0 aliphatic heterocycles. The van der Waals surface area contributed by atoms with Crippen LogP contribution in [0.25, 0.3) is 22.2 Å². The van der Waals surface area contributed by atoms with Crippen molar-refractivity contribution in [3.63, 3.8) is 0 Å². The summed E-state index contributed by atoms with van der Waals surface area (Å²) in [6.45, 7) is 0.666. The number of aromatic nitrogens is 1. The Labute approximate surface area is 160 Å². The number of nitrogens with two attached hydrogens (primary N) is 1. The van der Waals surface area contributed by atoms with Crippen molar-refractivity contribution >= 4 is 57.3 Å². The topological polar surface area (TPSA) is 41.8 Å². The van der Waals surface area contributed by atoms with E-state index < -0.39 is 0 Å². The number of aromatic amines is 1. The van der Waals surface area contributed by atoms with Crippen molar-refractivity contribution in [1.82, 2.24) is 4.98 Å². The molecule has 2 aromatic carbocycles. The molecule has 24 heavy (non-hydrogen) atoms. The van der Waals surface area contributed by atoms with E-state index in [2.05, 4.69) is 4.98 Å². The van der Waals surface area contributed by atoms with Crippen molar-refractivity contribution in [1.29, 1.82) is 0 Å². The molecule has 0 fully saturated rings. The zero-order valence-corrected chi connectivity index (χ0v) is 15.8. The van der Waals surface area contributed by atoms with Gasteiger partial charge in [-0.25, -0.2) is 0 Å². The summed E-state index contributed by atoms with van der Waals surface area (Å²) in [5.74, 6) is 0. The van der Waals surface area contributed by atoms with Crippen LogP contribution in [0.1, 0.15) is 18.4 Å². The molecule has 0 saturated heterocycles. The summed E-state index contributed by atoms with van der Waals surface area (Å²) < 4.78 is 0. The van der Waals surface area contributed by atoms with Gasteiger partial charge < -0.3 is 10.7 Å². The summed E-state index contributed by atoms with van der Waals surface area (Å²) >= 11 is 25.0. The largest absolute Gasteiger partial charge is 0.354 e. The predicted molar refractivity (Wildman–Crippen MR) is 106 cm³/mol.